The SMILES string of the molecule is CC[C@@H](C)[C@@H](NC(=O)c1ccccc1F)C(=O)N1CCC(c2ccc(Cl)cc2)CC1. The number of nitrogens with zero attached hydrogens (tertiary/aromatic N) is 1. The molecule has 0 aromatic heterocycles. The third-order valence-electron chi connectivity index (χ3n) is 6.03. The van der Waals surface area contributed by atoms with Crippen molar-refractivity contribution in [2.24, 2.45) is 5.92 Å². The van der Waals surface area contributed by atoms with Crippen molar-refractivity contribution in [3.63, 3.8) is 0 Å². The van der Waals surface area contributed by atoms with Gasteiger partial charge in [0.2, 0.25) is 5.91 Å². The molecule has 1 aliphatic rings. The predicted molar refractivity (Wildman–Crippen MR) is 117 cm³/mol. The summed E-state index contributed by atoms with van der Waals surface area (Å²) in [6.45, 7) is 5.18. The van der Waals surface area contributed by atoms with Gasteiger partial charge in [-0.2, -0.15) is 0 Å². The summed E-state index contributed by atoms with van der Waals surface area (Å²) >= 11 is 5.98. The van der Waals surface area contributed by atoms with Crippen LogP contribution in [0.3, 0.4) is 0 Å². The van der Waals surface area contributed by atoms with Crippen molar-refractivity contribution in [1.82, 2.24) is 10.2 Å². The molecular formula is C24H28ClFN2O2. The van der Waals surface area contributed by atoms with Gasteiger partial charge in [-0.15, -0.1) is 0 Å². The lowest BCUT2D eigenvalue weighted by Gasteiger charge is -2.36. The van der Waals surface area contributed by atoms with Gasteiger partial charge in [0, 0.05) is 18.1 Å². The molecule has 160 valence electrons. The summed E-state index contributed by atoms with van der Waals surface area (Å²) in [6.07, 6.45) is 2.46. The van der Waals surface area contributed by atoms with E-state index in [4.69, 9.17) is 11.6 Å². The van der Waals surface area contributed by atoms with Crippen LogP contribution in [0.25, 0.3) is 0 Å². The third-order valence-corrected chi connectivity index (χ3v) is 6.28. The van der Waals surface area contributed by atoms with Crippen LogP contribution in [-0.2, 0) is 4.79 Å². The van der Waals surface area contributed by atoms with E-state index in [-0.39, 0.29) is 17.4 Å². The monoisotopic (exact) mass is 430 g/mol. The molecule has 0 unspecified atom stereocenters. The van der Waals surface area contributed by atoms with Crippen molar-refractivity contribution in [2.45, 2.75) is 45.1 Å². The molecule has 0 saturated carbocycles. The van der Waals surface area contributed by atoms with Gasteiger partial charge in [-0.1, -0.05) is 56.1 Å². The second-order valence-electron chi connectivity index (χ2n) is 7.97. The summed E-state index contributed by atoms with van der Waals surface area (Å²) in [7, 11) is 0. The topological polar surface area (TPSA) is 49.4 Å². The Morgan fingerprint density at radius 3 is 2.37 bits per heavy atom. The van der Waals surface area contributed by atoms with E-state index in [1.807, 2.05) is 43.0 Å². The number of hydrogen-bond donors (Lipinski definition) is 1. The molecule has 2 amide bonds. The molecule has 4 nitrogen and oxygen atoms in total. The summed E-state index contributed by atoms with van der Waals surface area (Å²) in [5.41, 5.74) is 1.19. The van der Waals surface area contributed by atoms with Crippen LogP contribution in [0.4, 0.5) is 4.39 Å². The normalized spacial score (nSPS) is 16.7. The molecule has 1 aliphatic heterocycles. The largest absolute Gasteiger partial charge is 0.341 e. The Morgan fingerprint density at radius 1 is 1.13 bits per heavy atom. The lowest BCUT2D eigenvalue weighted by Crippen LogP contribution is -2.53. The van der Waals surface area contributed by atoms with Crippen LogP contribution in [0.15, 0.2) is 48.5 Å². The second kappa shape index (κ2) is 10.1. The van der Waals surface area contributed by atoms with Gasteiger partial charge in [-0.25, -0.2) is 4.39 Å². The number of amides is 2. The van der Waals surface area contributed by atoms with E-state index in [0.29, 0.717) is 24.0 Å². The lowest BCUT2D eigenvalue weighted by molar-refractivity contribution is -0.135. The maximum Gasteiger partial charge on any atom is 0.254 e. The van der Waals surface area contributed by atoms with E-state index in [1.165, 1.54) is 23.8 Å². The van der Waals surface area contributed by atoms with Gasteiger partial charge in [0.05, 0.1) is 5.56 Å². The molecule has 0 radical (unpaired) electrons. The van der Waals surface area contributed by atoms with Crippen molar-refractivity contribution in [3.8, 4) is 0 Å². The van der Waals surface area contributed by atoms with Crippen molar-refractivity contribution in [3.05, 3.63) is 70.5 Å². The Bertz CT molecular complexity index is 879. The van der Waals surface area contributed by atoms with Gasteiger partial charge in [0.25, 0.3) is 5.91 Å². The highest BCUT2D eigenvalue weighted by molar-refractivity contribution is 6.30. The van der Waals surface area contributed by atoms with Gasteiger partial charge in [-0.05, 0) is 54.5 Å². The van der Waals surface area contributed by atoms with E-state index in [0.717, 1.165) is 19.3 Å². The molecule has 6 heteroatoms. The second-order valence-corrected chi connectivity index (χ2v) is 8.40. The number of halogens is 2. The summed E-state index contributed by atoms with van der Waals surface area (Å²) in [6, 6.07) is 13.0. The Kier molecular flexibility index (Phi) is 7.48. The van der Waals surface area contributed by atoms with Gasteiger partial charge in [-0.3, -0.25) is 9.59 Å². The Hall–Kier alpha value is -2.40. The molecule has 2 atom stereocenters. The van der Waals surface area contributed by atoms with Crippen molar-refractivity contribution in [1.29, 1.82) is 0 Å². The molecule has 0 aliphatic carbocycles. The zero-order valence-corrected chi connectivity index (χ0v) is 18.2. The number of benzene rings is 2. The van der Waals surface area contributed by atoms with E-state index < -0.39 is 17.8 Å². The fourth-order valence-electron chi connectivity index (χ4n) is 3.91. The number of hydrogen-bond acceptors (Lipinski definition) is 2. The Labute approximate surface area is 182 Å². The maximum atomic E-state index is 14.0. The molecule has 30 heavy (non-hydrogen) atoms. The van der Waals surface area contributed by atoms with Crippen LogP contribution in [0.1, 0.15) is 54.9 Å². The first-order valence-corrected chi connectivity index (χ1v) is 10.9. The van der Waals surface area contributed by atoms with Gasteiger partial charge < -0.3 is 10.2 Å². The molecule has 1 heterocycles. The minimum absolute atomic E-state index is 0.0416. The number of rotatable bonds is 6. The van der Waals surface area contributed by atoms with E-state index in [1.54, 1.807) is 6.07 Å². The third kappa shape index (κ3) is 5.20. The number of carbonyl (C=O) groups excluding carboxylic acids is 2. The predicted octanol–water partition coefficient (Wildman–Crippen LogP) is 5.03. The molecule has 0 spiro atoms. The molecule has 1 fully saturated rings. The van der Waals surface area contributed by atoms with Crippen LogP contribution in [-0.4, -0.2) is 35.8 Å². The summed E-state index contributed by atoms with van der Waals surface area (Å²) < 4.78 is 14.0. The first-order valence-electron chi connectivity index (χ1n) is 10.5. The van der Waals surface area contributed by atoms with Gasteiger partial charge in [0.1, 0.15) is 11.9 Å². The minimum atomic E-state index is -0.672. The Morgan fingerprint density at radius 2 is 1.77 bits per heavy atom. The first kappa shape index (κ1) is 22.3. The molecule has 1 N–H and O–H groups in total. The van der Waals surface area contributed by atoms with Crippen LogP contribution in [0.5, 0.6) is 0 Å². The molecule has 3 rings (SSSR count). The number of piperidine rings is 1. The summed E-state index contributed by atoms with van der Waals surface area (Å²) in [5.74, 6) is -0.899. The van der Waals surface area contributed by atoms with E-state index in [2.05, 4.69) is 5.32 Å². The van der Waals surface area contributed by atoms with Crippen LogP contribution < -0.4 is 5.32 Å². The molecule has 2 aromatic carbocycles. The molecule has 2 aromatic rings. The first-order chi connectivity index (χ1) is 14.4. The fourth-order valence-corrected chi connectivity index (χ4v) is 4.04. The quantitative estimate of drug-likeness (QED) is 0.698. The minimum Gasteiger partial charge on any atom is -0.341 e. The fraction of sp³-hybridized carbons (Fsp3) is 0.417. The van der Waals surface area contributed by atoms with Crippen LogP contribution >= 0.6 is 11.6 Å². The molecule has 0 bridgehead atoms. The highest BCUT2D eigenvalue weighted by atomic mass is 35.5. The Balaban J connectivity index is 1.66. The standard InChI is InChI=1S/C24H28ClFN2O2/c1-3-16(2)22(27-23(29)20-6-4-5-7-21(20)26)24(30)28-14-12-18(13-15-28)17-8-10-19(25)11-9-17/h4-11,16,18,22H,3,12-15H2,1-2H3,(H,27,29)/t16-,22-/m1/s1. The lowest BCUT2D eigenvalue weighted by atomic mass is 9.88. The van der Waals surface area contributed by atoms with Crippen molar-refractivity contribution >= 4 is 23.4 Å². The molecule has 1 saturated heterocycles. The number of likely N-dealkylation sites (tertiary alicyclic amines) is 1. The average molecular weight is 431 g/mol. The van der Waals surface area contributed by atoms with Crippen molar-refractivity contribution < 1.29 is 14.0 Å². The maximum absolute atomic E-state index is 14.0. The van der Waals surface area contributed by atoms with Gasteiger partial charge >= 0.3 is 0 Å². The summed E-state index contributed by atoms with van der Waals surface area (Å²) in [5, 5.41) is 3.50. The van der Waals surface area contributed by atoms with Crippen molar-refractivity contribution in [2.75, 3.05) is 13.1 Å². The number of carbonyl (C=O) groups is 2. The van der Waals surface area contributed by atoms with Crippen LogP contribution in [0, 0.1) is 11.7 Å². The zero-order chi connectivity index (χ0) is 21.7. The zero-order valence-electron chi connectivity index (χ0n) is 17.4. The van der Waals surface area contributed by atoms with Gasteiger partial charge in [0.15, 0.2) is 0 Å². The van der Waals surface area contributed by atoms with E-state index >= 15 is 0 Å². The van der Waals surface area contributed by atoms with Crippen LogP contribution in [0.2, 0.25) is 5.02 Å². The highest BCUT2D eigenvalue weighted by Crippen LogP contribution is 2.29. The molecular weight excluding hydrogens is 403 g/mol. The number of nitrogens with one attached hydrogen (secondary N) is 1. The average Bonchev–Trinajstić information content (AvgIpc) is 2.77. The van der Waals surface area contributed by atoms with E-state index in [9.17, 15) is 14.0 Å². The highest BCUT2D eigenvalue weighted by Gasteiger charge is 2.33. The smallest absolute Gasteiger partial charge is 0.254 e. The summed E-state index contributed by atoms with van der Waals surface area (Å²) in [4.78, 5) is 27.7.